The molecular weight excluding hydrogens is 354 g/mol. The molecule has 146 valence electrons. The number of benzene rings is 2. The topological polar surface area (TPSA) is 70.7 Å². The van der Waals surface area contributed by atoms with Crippen molar-refractivity contribution >= 4 is 23.7 Å². The van der Waals surface area contributed by atoms with Crippen molar-refractivity contribution in [1.29, 1.82) is 0 Å². The predicted molar refractivity (Wildman–Crippen MR) is 110 cm³/mol. The van der Waals surface area contributed by atoms with Crippen LogP contribution in [0.1, 0.15) is 24.0 Å². The normalized spacial score (nSPS) is 13.5. The number of nitrogens with zero attached hydrogens (tertiary/aromatic N) is 1. The van der Waals surface area contributed by atoms with Crippen LogP contribution in [0.2, 0.25) is 0 Å². The van der Waals surface area contributed by atoms with Gasteiger partial charge in [0.15, 0.2) is 0 Å². The number of carbonyl (C=O) groups excluding carboxylic acids is 2. The molecule has 28 heavy (non-hydrogen) atoms. The smallest absolute Gasteiger partial charge is 0.321 e. The van der Waals surface area contributed by atoms with Gasteiger partial charge in [-0.3, -0.25) is 4.79 Å². The lowest BCUT2D eigenvalue weighted by atomic mass is 10.2. The highest BCUT2D eigenvalue weighted by molar-refractivity contribution is 5.92. The van der Waals surface area contributed by atoms with Crippen molar-refractivity contribution in [3.05, 3.63) is 65.7 Å². The number of hydrogen-bond acceptors (Lipinski definition) is 3. The molecule has 0 radical (unpaired) electrons. The van der Waals surface area contributed by atoms with E-state index in [0.717, 1.165) is 48.5 Å². The monoisotopic (exact) mass is 379 g/mol. The van der Waals surface area contributed by atoms with Crippen LogP contribution in [0.15, 0.2) is 54.6 Å². The maximum absolute atomic E-state index is 12.2. The number of hydrogen-bond donors (Lipinski definition) is 2. The third-order valence-electron chi connectivity index (χ3n) is 4.56. The number of likely N-dealkylation sites (tertiary alicyclic amines) is 1. The molecule has 3 amide bonds. The van der Waals surface area contributed by atoms with E-state index in [1.165, 1.54) is 6.08 Å². The van der Waals surface area contributed by atoms with Crippen LogP contribution in [0.5, 0.6) is 5.75 Å². The van der Waals surface area contributed by atoms with E-state index in [0.29, 0.717) is 6.54 Å². The predicted octanol–water partition coefficient (Wildman–Crippen LogP) is 3.65. The second-order valence-electron chi connectivity index (χ2n) is 6.65. The van der Waals surface area contributed by atoms with Crippen LogP contribution < -0.4 is 15.4 Å². The van der Waals surface area contributed by atoms with E-state index in [4.69, 9.17) is 4.74 Å². The van der Waals surface area contributed by atoms with E-state index in [2.05, 4.69) is 10.6 Å². The van der Waals surface area contributed by atoms with Crippen LogP contribution in [0.4, 0.5) is 10.5 Å². The summed E-state index contributed by atoms with van der Waals surface area (Å²) in [5, 5.41) is 5.77. The fourth-order valence-corrected chi connectivity index (χ4v) is 3.05. The number of nitrogens with one attached hydrogen (secondary N) is 2. The van der Waals surface area contributed by atoms with Gasteiger partial charge < -0.3 is 20.3 Å². The Morgan fingerprint density at radius 1 is 1.11 bits per heavy atom. The second kappa shape index (κ2) is 9.60. The minimum Gasteiger partial charge on any atom is -0.497 e. The Morgan fingerprint density at radius 3 is 2.68 bits per heavy atom. The molecule has 3 rings (SSSR count). The first-order chi connectivity index (χ1) is 13.6. The third-order valence-corrected chi connectivity index (χ3v) is 4.56. The van der Waals surface area contributed by atoms with Crippen molar-refractivity contribution in [2.45, 2.75) is 19.4 Å². The molecule has 0 aliphatic carbocycles. The summed E-state index contributed by atoms with van der Waals surface area (Å²) in [5.74, 6) is 0.560. The van der Waals surface area contributed by atoms with Gasteiger partial charge in [0.25, 0.3) is 0 Å². The molecule has 1 aliphatic rings. The van der Waals surface area contributed by atoms with Crippen molar-refractivity contribution in [1.82, 2.24) is 10.2 Å². The van der Waals surface area contributed by atoms with Crippen molar-refractivity contribution < 1.29 is 14.3 Å². The van der Waals surface area contributed by atoms with Gasteiger partial charge in [0, 0.05) is 31.4 Å². The van der Waals surface area contributed by atoms with Crippen LogP contribution in [-0.4, -0.2) is 37.0 Å². The quantitative estimate of drug-likeness (QED) is 0.753. The summed E-state index contributed by atoms with van der Waals surface area (Å²) < 4.78 is 5.17. The van der Waals surface area contributed by atoms with E-state index >= 15 is 0 Å². The molecule has 0 saturated carbocycles. The van der Waals surface area contributed by atoms with Gasteiger partial charge in [0.1, 0.15) is 5.75 Å². The Hall–Kier alpha value is -3.28. The van der Waals surface area contributed by atoms with E-state index in [-0.39, 0.29) is 11.9 Å². The zero-order valence-electron chi connectivity index (χ0n) is 16.0. The van der Waals surface area contributed by atoms with Gasteiger partial charge >= 0.3 is 6.03 Å². The molecule has 0 unspecified atom stereocenters. The van der Waals surface area contributed by atoms with Crippen LogP contribution in [0.3, 0.4) is 0 Å². The summed E-state index contributed by atoms with van der Waals surface area (Å²) in [4.78, 5) is 26.1. The van der Waals surface area contributed by atoms with Crippen molar-refractivity contribution in [2.75, 3.05) is 25.5 Å². The first kappa shape index (κ1) is 19.5. The number of rotatable bonds is 6. The Labute approximate surface area is 165 Å². The van der Waals surface area contributed by atoms with Gasteiger partial charge in [-0.1, -0.05) is 24.3 Å². The third kappa shape index (κ3) is 5.61. The Bertz CT molecular complexity index is 858. The first-order valence-corrected chi connectivity index (χ1v) is 9.39. The molecule has 2 aromatic rings. The standard InChI is InChI=1S/C22H25N3O3/c1-28-20-9-5-6-17(15-20)10-11-21(26)23-16-18-7-4-8-19(14-18)24-22(27)25-12-2-3-13-25/h4-11,14-15H,2-3,12-13,16H2,1H3,(H,23,26)(H,24,27)/b11-10+. The highest BCUT2D eigenvalue weighted by Crippen LogP contribution is 2.15. The van der Waals surface area contributed by atoms with Gasteiger partial charge in [-0.15, -0.1) is 0 Å². The maximum atomic E-state index is 12.2. The molecule has 1 saturated heterocycles. The molecule has 6 nitrogen and oxygen atoms in total. The average molecular weight is 379 g/mol. The summed E-state index contributed by atoms with van der Waals surface area (Å²) in [5.41, 5.74) is 2.54. The number of carbonyl (C=O) groups is 2. The fourth-order valence-electron chi connectivity index (χ4n) is 3.05. The fraction of sp³-hybridized carbons (Fsp3) is 0.273. The largest absolute Gasteiger partial charge is 0.497 e. The summed E-state index contributed by atoms with van der Waals surface area (Å²) in [6.07, 6.45) is 5.35. The van der Waals surface area contributed by atoms with Gasteiger partial charge in [-0.05, 0) is 54.3 Å². The molecule has 2 aromatic carbocycles. The summed E-state index contributed by atoms with van der Waals surface area (Å²) in [6, 6.07) is 14.9. The van der Waals surface area contributed by atoms with E-state index < -0.39 is 0 Å². The maximum Gasteiger partial charge on any atom is 0.321 e. The number of urea groups is 1. The Kier molecular flexibility index (Phi) is 6.68. The number of anilines is 1. The lowest BCUT2D eigenvalue weighted by molar-refractivity contribution is -0.116. The highest BCUT2D eigenvalue weighted by atomic mass is 16.5. The van der Waals surface area contributed by atoms with Gasteiger partial charge in [0.2, 0.25) is 5.91 Å². The number of amides is 3. The Morgan fingerprint density at radius 2 is 1.89 bits per heavy atom. The average Bonchev–Trinajstić information content (AvgIpc) is 3.26. The molecular formula is C22H25N3O3. The van der Waals surface area contributed by atoms with Gasteiger partial charge in [-0.2, -0.15) is 0 Å². The van der Waals surface area contributed by atoms with E-state index in [9.17, 15) is 9.59 Å². The number of methoxy groups -OCH3 is 1. The van der Waals surface area contributed by atoms with Crippen LogP contribution in [-0.2, 0) is 11.3 Å². The van der Waals surface area contributed by atoms with Crippen molar-refractivity contribution in [3.8, 4) is 5.75 Å². The molecule has 2 N–H and O–H groups in total. The SMILES string of the molecule is COc1cccc(/C=C/C(=O)NCc2cccc(NC(=O)N3CCCC3)c2)c1. The molecule has 6 heteroatoms. The first-order valence-electron chi connectivity index (χ1n) is 9.39. The van der Waals surface area contributed by atoms with Gasteiger partial charge in [0.05, 0.1) is 7.11 Å². The van der Waals surface area contributed by atoms with Crippen molar-refractivity contribution in [2.24, 2.45) is 0 Å². The molecule has 0 bridgehead atoms. The summed E-state index contributed by atoms with van der Waals surface area (Å²) in [7, 11) is 1.61. The zero-order valence-corrected chi connectivity index (χ0v) is 16.0. The molecule has 1 heterocycles. The lowest BCUT2D eigenvalue weighted by Crippen LogP contribution is -2.32. The van der Waals surface area contributed by atoms with Crippen LogP contribution in [0.25, 0.3) is 6.08 Å². The van der Waals surface area contributed by atoms with Crippen molar-refractivity contribution in [3.63, 3.8) is 0 Å². The van der Waals surface area contributed by atoms with Crippen LogP contribution >= 0.6 is 0 Å². The van der Waals surface area contributed by atoms with E-state index in [1.54, 1.807) is 13.2 Å². The summed E-state index contributed by atoms with van der Waals surface area (Å²) >= 11 is 0. The molecule has 0 spiro atoms. The zero-order chi connectivity index (χ0) is 19.8. The lowest BCUT2D eigenvalue weighted by Gasteiger charge is -2.16. The molecule has 0 atom stereocenters. The Balaban J connectivity index is 1.51. The number of ether oxygens (including phenoxy) is 1. The minimum atomic E-state index is -0.186. The molecule has 1 aliphatic heterocycles. The van der Waals surface area contributed by atoms with E-state index in [1.807, 2.05) is 53.4 Å². The minimum absolute atomic E-state index is 0.0695. The van der Waals surface area contributed by atoms with Gasteiger partial charge in [-0.25, -0.2) is 4.79 Å². The molecule has 0 aromatic heterocycles. The highest BCUT2D eigenvalue weighted by Gasteiger charge is 2.17. The molecule has 1 fully saturated rings. The summed E-state index contributed by atoms with van der Waals surface area (Å²) in [6.45, 7) is 2.00. The van der Waals surface area contributed by atoms with Crippen LogP contribution in [0, 0.1) is 0 Å². The second-order valence-corrected chi connectivity index (χ2v) is 6.65.